The fourth-order valence-corrected chi connectivity index (χ4v) is 4.34. The molecule has 1 N–H and O–H groups in total. The van der Waals surface area contributed by atoms with Crippen molar-refractivity contribution in [3.63, 3.8) is 0 Å². The number of hydrogen-bond acceptors (Lipinski definition) is 5. The van der Waals surface area contributed by atoms with E-state index in [1.54, 1.807) is 23.5 Å². The van der Waals surface area contributed by atoms with Crippen molar-refractivity contribution in [2.75, 3.05) is 11.5 Å². The van der Waals surface area contributed by atoms with E-state index in [0.29, 0.717) is 0 Å². The van der Waals surface area contributed by atoms with Crippen molar-refractivity contribution in [2.24, 2.45) is 0 Å². The van der Waals surface area contributed by atoms with Gasteiger partial charge in [0.05, 0.1) is 11.0 Å². The van der Waals surface area contributed by atoms with Crippen LogP contribution in [0.2, 0.25) is 0 Å². The van der Waals surface area contributed by atoms with E-state index in [-0.39, 0.29) is 0 Å². The lowest BCUT2D eigenvalue weighted by Gasteiger charge is -1.99. The summed E-state index contributed by atoms with van der Waals surface area (Å²) in [5.74, 6) is 2.13. The van der Waals surface area contributed by atoms with Crippen molar-refractivity contribution in [1.82, 2.24) is 15.0 Å². The van der Waals surface area contributed by atoms with Crippen molar-refractivity contribution in [3.8, 4) is 0 Å². The number of aromatic nitrogens is 3. The molecule has 0 atom stereocenters. The Labute approximate surface area is 154 Å². The van der Waals surface area contributed by atoms with Crippen LogP contribution in [-0.4, -0.2) is 26.5 Å². The summed E-state index contributed by atoms with van der Waals surface area (Å²) in [7, 11) is 0. The van der Waals surface area contributed by atoms with Crippen LogP contribution in [0.4, 0.5) is 0 Å². The zero-order chi connectivity index (χ0) is 16.9. The fourth-order valence-electron chi connectivity index (χ4n) is 2.62. The SMILES string of the molecule is c1ccc2[nH]c(SCCCCCSc3nc4ccccc4o3)nc2c1. The largest absolute Gasteiger partial charge is 0.431 e. The van der Waals surface area contributed by atoms with Gasteiger partial charge in [0.1, 0.15) is 5.52 Å². The first-order chi connectivity index (χ1) is 12.4. The topological polar surface area (TPSA) is 54.7 Å². The average molecular weight is 370 g/mol. The van der Waals surface area contributed by atoms with Gasteiger partial charge in [-0.3, -0.25) is 0 Å². The van der Waals surface area contributed by atoms with E-state index in [1.165, 1.54) is 19.3 Å². The third kappa shape index (κ3) is 4.19. The van der Waals surface area contributed by atoms with E-state index in [4.69, 9.17) is 4.42 Å². The van der Waals surface area contributed by atoms with Crippen molar-refractivity contribution in [3.05, 3.63) is 48.5 Å². The molecule has 2 aromatic carbocycles. The van der Waals surface area contributed by atoms with Gasteiger partial charge in [-0.1, -0.05) is 54.2 Å². The number of rotatable bonds is 8. The molecule has 0 amide bonds. The zero-order valence-corrected chi connectivity index (χ0v) is 15.4. The van der Waals surface area contributed by atoms with Crippen LogP contribution in [0.15, 0.2) is 63.3 Å². The first-order valence-electron chi connectivity index (χ1n) is 8.44. The Morgan fingerprint density at radius 1 is 0.800 bits per heavy atom. The monoisotopic (exact) mass is 369 g/mol. The number of thioether (sulfide) groups is 2. The summed E-state index contributed by atoms with van der Waals surface area (Å²) in [6, 6.07) is 16.1. The molecule has 4 aromatic rings. The molecule has 0 spiro atoms. The van der Waals surface area contributed by atoms with E-state index in [0.717, 1.165) is 44.0 Å². The number of benzene rings is 2. The van der Waals surface area contributed by atoms with Gasteiger partial charge in [0.2, 0.25) is 0 Å². The van der Waals surface area contributed by atoms with Gasteiger partial charge in [0.15, 0.2) is 10.7 Å². The maximum atomic E-state index is 5.72. The second-order valence-corrected chi connectivity index (χ2v) is 7.89. The summed E-state index contributed by atoms with van der Waals surface area (Å²) in [6.07, 6.45) is 3.57. The van der Waals surface area contributed by atoms with Crippen LogP contribution in [0.25, 0.3) is 22.1 Å². The number of H-pyrrole nitrogens is 1. The first kappa shape index (κ1) is 16.5. The minimum absolute atomic E-state index is 0.776. The third-order valence-electron chi connectivity index (χ3n) is 3.89. The van der Waals surface area contributed by atoms with Gasteiger partial charge in [-0.05, 0) is 37.1 Å². The number of oxazole rings is 1. The van der Waals surface area contributed by atoms with Crippen LogP contribution < -0.4 is 0 Å². The molecule has 0 fully saturated rings. The first-order valence-corrected chi connectivity index (χ1v) is 10.4. The molecule has 0 aliphatic carbocycles. The van der Waals surface area contributed by atoms with Crippen molar-refractivity contribution in [2.45, 2.75) is 29.6 Å². The number of aromatic amines is 1. The summed E-state index contributed by atoms with van der Waals surface area (Å²) in [4.78, 5) is 12.4. The number of nitrogens with zero attached hydrogens (tertiary/aromatic N) is 2. The molecule has 0 unspecified atom stereocenters. The highest BCUT2D eigenvalue weighted by Gasteiger charge is 2.05. The number of para-hydroxylation sites is 4. The quantitative estimate of drug-likeness (QED) is 0.316. The lowest BCUT2D eigenvalue weighted by molar-refractivity contribution is 0.489. The average Bonchev–Trinajstić information content (AvgIpc) is 3.23. The Kier molecular flexibility index (Phi) is 5.28. The van der Waals surface area contributed by atoms with Crippen LogP contribution in [0.1, 0.15) is 19.3 Å². The van der Waals surface area contributed by atoms with Crippen LogP contribution in [0.3, 0.4) is 0 Å². The number of nitrogens with one attached hydrogen (secondary N) is 1. The highest BCUT2D eigenvalue weighted by molar-refractivity contribution is 7.99. The molecule has 25 heavy (non-hydrogen) atoms. The number of fused-ring (bicyclic) bond motifs is 2. The highest BCUT2D eigenvalue weighted by atomic mass is 32.2. The van der Waals surface area contributed by atoms with E-state index in [2.05, 4.69) is 21.0 Å². The van der Waals surface area contributed by atoms with Gasteiger partial charge in [-0.2, -0.15) is 0 Å². The summed E-state index contributed by atoms with van der Waals surface area (Å²) in [5.41, 5.74) is 3.96. The summed E-state index contributed by atoms with van der Waals surface area (Å²) in [5, 5.41) is 1.79. The van der Waals surface area contributed by atoms with Gasteiger partial charge < -0.3 is 9.40 Å². The van der Waals surface area contributed by atoms with Gasteiger partial charge in [0, 0.05) is 11.5 Å². The molecule has 4 nitrogen and oxygen atoms in total. The van der Waals surface area contributed by atoms with Crippen LogP contribution in [-0.2, 0) is 0 Å². The highest BCUT2D eigenvalue weighted by Crippen LogP contribution is 2.25. The maximum absolute atomic E-state index is 5.72. The van der Waals surface area contributed by atoms with Gasteiger partial charge >= 0.3 is 0 Å². The Balaban J connectivity index is 1.15. The number of unbranched alkanes of at least 4 members (excludes halogenated alkanes) is 2. The maximum Gasteiger partial charge on any atom is 0.256 e. The second kappa shape index (κ2) is 7.97. The van der Waals surface area contributed by atoms with E-state index >= 15 is 0 Å². The smallest absolute Gasteiger partial charge is 0.256 e. The molecule has 0 aliphatic rings. The minimum Gasteiger partial charge on any atom is -0.431 e. The lowest BCUT2D eigenvalue weighted by Crippen LogP contribution is -1.85. The van der Waals surface area contributed by atoms with Crippen LogP contribution >= 0.6 is 23.5 Å². The normalized spacial score (nSPS) is 11.5. The molecular formula is C19H19N3OS2. The molecule has 128 valence electrons. The predicted molar refractivity (Wildman–Crippen MR) is 105 cm³/mol. The van der Waals surface area contributed by atoms with Gasteiger partial charge in [0.25, 0.3) is 5.22 Å². The standard InChI is InChI=1S/C19H19N3OS2/c1(6-12-24-18-20-14-8-2-3-9-15(14)21-18)7-13-25-19-22-16-10-4-5-11-17(16)23-19/h2-5,8-11H,1,6-7,12-13H2,(H,20,21). The molecule has 0 aliphatic heterocycles. The van der Waals surface area contributed by atoms with E-state index in [9.17, 15) is 0 Å². The van der Waals surface area contributed by atoms with Crippen LogP contribution in [0, 0.1) is 0 Å². The predicted octanol–water partition coefficient (Wildman–Crippen LogP) is 5.76. The molecule has 2 aromatic heterocycles. The Morgan fingerprint density at radius 3 is 2.40 bits per heavy atom. The summed E-state index contributed by atoms with van der Waals surface area (Å²) in [6.45, 7) is 0. The van der Waals surface area contributed by atoms with Gasteiger partial charge in [-0.25, -0.2) is 9.97 Å². The summed E-state index contributed by atoms with van der Waals surface area (Å²) >= 11 is 3.50. The van der Waals surface area contributed by atoms with Crippen molar-refractivity contribution in [1.29, 1.82) is 0 Å². The Morgan fingerprint density at radius 2 is 1.56 bits per heavy atom. The zero-order valence-electron chi connectivity index (χ0n) is 13.8. The van der Waals surface area contributed by atoms with E-state index < -0.39 is 0 Å². The Hall–Kier alpha value is -1.92. The fraction of sp³-hybridized carbons (Fsp3) is 0.263. The molecule has 6 heteroatoms. The number of imidazole rings is 1. The lowest BCUT2D eigenvalue weighted by atomic mass is 10.3. The van der Waals surface area contributed by atoms with Crippen LogP contribution in [0.5, 0.6) is 0 Å². The molecule has 0 saturated carbocycles. The molecule has 0 radical (unpaired) electrons. The Bertz CT molecular complexity index is 819. The third-order valence-corrected chi connectivity index (χ3v) is 5.77. The minimum atomic E-state index is 0.776. The van der Waals surface area contributed by atoms with Gasteiger partial charge in [-0.15, -0.1) is 0 Å². The number of hydrogen-bond donors (Lipinski definition) is 1. The summed E-state index contributed by atoms with van der Waals surface area (Å²) < 4.78 is 5.72. The molecule has 0 saturated heterocycles. The second-order valence-electron chi connectivity index (χ2n) is 5.76. The van der Waals surface area contributed by atoms with Crippen molar-refractivity contribution < 1.29 is 4.42 Å². The van der Waals surface area contributed by atoms with Crippen molar-refractivity contribution >= 4 is 45.7 Å². The molecule has 4 rings (SSSR count). The molecule has 2 heterocycles. The molecular weight excluding hydrogens is 350 g/mol. The van der Waals surface area contributed by atoms with E-state index in [1.807, 2.05) is 42.5 Å². The molecule has 0 bridgehead atoms.